The molecule has 5 atom stereocenters. The van der Waals surface area contributed by atoms with Gasteiger partial charge in [-0.2, -0.15) is 0 Å². The number of nitrogens with zero attached hydrogens (tertiary/aromatic N) is 2. The van der Waals surface area contributed by atoms with Gasteiger partial charge in [-0.05, 0) is 73.2 Å². The SMILES string of the molecule is CCC1CN2CCC1CC2C(Nc1c(Nc2ccccc2)c(=O)c1=O)c1ccnc2ccc(OC)cc12. The lowest BCUT2D eigenvalue weighted by molar-refractivity contribution is -0.00782. The Morgan fingerprint density at radius 3 is 2.62 bits per heavy atom. The monoisotopic (exact) mass is 496 g/mol. The fourth-order valence-electron chi connectivity index (χ4n) is 6.38. The van der Waals surface area contributed by atoms with Crippen LogP contribution in [-0.2, 0) is 0 Å². The number of methoxy groups -OCH3 is 1. The Morgan fingerprint density at radius 1 is 1.08 bits per heavy atom. The molecule has 7 nitrogen and oxygen atoms in total. The zero-order chi connectivity index (χ0) is 25.5. The predicted octanol–water partition coefficient (Wildman–Crippen LogP) is 4.86. The quantitative estimate of drug-likeness (QED) is 0.337. The van der Waals surface area contributed by atoms with Crippen molar-refractivity contribution >= 4 is 28.0 Å². The van der Waals surface area contributed by atoms with Gasteiger partial charge < -0.3 is 15.4 Å². The van der Waals surface area contributed by atoms with Crippen molar-refractivity contribution in [2.45, 2.75) is 38.3 Å². The average molecular weight is 497 g/mol. The van der Waals surface area contributed by atoms with Gasteiger partial charge in [-0.25, -0.2) is 0 Å². The number of para-hydroxylation sites is 1. The van der Waals surface area contributed by atoms with Crippen LogP contribution in [0.25, 0.3) is 10.9 Å². The first-order chi connectivity index (χ1) is 18.1. The smallest absolute Gasteiger partial charge is 0.253 e. The Labute approximate surface area is 216 Å². The van der Waals surface area contributed by atoms with E-state index in [0.717, 1.165) is 47.4 Å². The summed E-state index contributed by atoms with van der Waals surface area (Å²) in [6, 6.07) is 17.4. The number of hydrogen-bond acceptors (Lipinski definition) is 7. The van der Waals surface area contributed by atoms with Gasteiger partial charge >= 0.3 is 0 Å². The van der Waals surface area contributed by atoms with Crippen LogP contribution < -0.4 is 26.2 Å². The first-order valence-electron chi connectivity index (χ1n) is 13.2. The molecule has 3 aliphatic rings. The summed E-state index contributed by atoms with van der Waals surface area (Å²) < 4.78 is 5.53. The van der Waals surface area contributed by atoms with Crippen LogP contribution in [0.15, 0.2) is 70.4 Å². The third kappa shape index (κ3) is 4.17. The average Bonchev–Trinajstić information content (AvgIpc) is 2.96. The Kier molecular flexibility index (Phi) is 6.16. The molecule has 2 N–H and O–H groups in total. The number of hydrogen-bond donors (Lipinski definition) is 2. The Balaban J connectivity index is 1.43. The van der Waals surface area contributed by atoms with Gasteiger partial charge in [-0.15, -0.1) is 0 Å². The summed E-state index contributed by atoms with van der Waals surface area (Å²) in [6.45, 7) is 4.40. The molecule has 0 spiro atoms. The van der Waals surface area contributed by atoms with Crippen molar-refractivity contribution in [3.63, 3.8) is 0 Å². The van der Waals surface area contributed by atoms with Crippen LogP contribution in [0.2, 0.25) is 0 Å². The normalized spacial score (nSPS) is 23.7. The highest BCUT2D eigenvalue weighted by atomic mass is 16.5. The van der Waals surface area contributed by atoms with Gasteiger partial charge in [0.1, 0.15) is 17.1 Å². The number of pyridine rings is 1. The third-order valence-corrected chi connectivity index (χ3v) is 8.42. The minimum absolute atomic E-state index is 0.183. The largest absolute Gasteiger partial charge is 0.497 e. The maximum absolute atomic E-state index is 12.9. The van der Waals surface area contributed by atoms with Crippen LogP contribution in [0.1, 0.15) is 37.8 Å². The maximum atomic E-state index is 12.9. The summed E-state index contributed by atoms with van der Waals surface area (Å²) in [7, 11) is 1.66. The van der Waals surface area contributed by atoms with Gasteiger partial charge in [0.25, 0.3) is 10.9 Å². The summed E-state index contributed by atoms with van der Waals surface area (Å²) in [5, 5.41) is 7.74. The molecular weight excluding hydrogens is 464 g/mol. The minimum atomic E-state index is -0.483. The summed E-state index contributed by atoms with van der Waals surface area (Å²) in [5.41, 5.74) is 2.46. The van der Waals surface area contributed by atoms with E-state index in [4.69, 9.17) is 4.74 Å². The summed E-state index contributed by atoms with van der Waals surface area (Å²) in [6.07, 6.45) is 5.29. The van der Waals surface area contributed by atoms with Gasteiger partial charge in [-0.3, -0.25) is 19.5 Å². The molecule has 7 rings (SSSR count). The predicted molar refractivity (Wildman–Crippen MR) is 148 cm³/mol. The fraction of sp³-hybridized carbons (Fsp3) is 0.367. The second-order valence-corrected chi connectivity index (χ2v) is 10.3. The molecule has 190 valence electrons. The lowest BCUT2D eigenvalue weighted by Crippen LogP contribution is -2.56. The topological polar surface area (TPSA) is 83.6 Å². The van der Waals surface area contributed by atoms with Crippen molar-refractivity contribution in [3.05, 3.63) is 86.8 Å². The molecule has 1 aromatic heterocycles. The van der Waals surface area contributed by atoms with E-state index in [2.05, 4.69) is 27.4 Å². The van der Waals surface area contributed by atoms with Crippen LogP contribution in [0, 0.1) is 11.8 Å². The highest BCUT2D eigenvalue weighted by Gasteiger charge is 2.43. The molecule has 5 unspecified atom stereocenters. The molecule has 2 bridgehead atoms. The molecule has 3 aromatic carbocycles. The highest BCUT2D eigenvalue weighted by molar-refractivity contribution is 5.85. The van der Waals surface area contributed by atoms with Gasteiger partial charge in [0.15, 0.2) is 0 Å². The Morgan fingerprint density at radius 2 is 1.89 bits per heavy atom. The molecule has 3 saturated heterocycles. The molecule has 3 fully saturated rings. The number of anilines is 3. The van der Waals surface area contributed by atoms with Crippen LogP contribution >= 0.6 is 0 Å². The molecule has 3 aliphatic heterocycles. The van der Waals surface area contributed by atoms with Crippen molar-refractivity contribution in [3.8, 4) is 5.75 Å². The van der Waals surface area contributed by atoms with E-state index in [-0.39, 0.29) is 12.1 Å². The van der Waals surface area contributed by atoms with Crippen LogP contribution in [0.5, 0.6) is 5.75 Å². The summed E-state index contributed by atoms with van der Waals surface area (Å²) in [5.74, 6) is 2.14. The van der Waals surface area contributed by atoms with Gasteiger partial charge in [-0.1, -0.05) is 31.5 Å². The molecule has 37 heavy (non-hydrogen) atoms. The summed E-state index contributed by atoms with van der Waals surface area (Å²) >= 11 is 0. The van der Waals surface area contributed by atoms with E-state index in [1.54, 1.807) is 7.11 Å². The number of rotatable bonds is 8. The molecule has 0 radical (unpaired) electrons. The van der Waals surface area contributed by atoms with Crippen LogP contribution in [0.3, 0.4) is 0 Å². The van der Waals surface area contributed by atoms with E-state index >= 15 is 0 Å². The van der Waals surface area contributed by atoms with E-state index in [1.165, 1.54) is 12.8 Å². The Bertz CT molecular complexity index is 1490. The standard InChI is InChI=1S/C30H32N4O3/c1-3-18-17-34-14-12-19(18)15-25(34)26(22-11-13-31-24-10-9-21(37-2)16-23(22)24)33-28-27(29(35)30(28)36)32-20-7-5-4-6-8-20/h4-11,13,16,18-19,25-26,32-33H,3,12,14-15,17H2,1-2H3. The molecule has 0 saturated carbocycles. The minimum Gasteiger partial charge on any atom is -0.497 e. The van der Waals surface area contributed by atoms with E-state index in [9.17, 15) is 9.59 Å². The summed E-state index contributed by atoms with van der Waals surface area (Å²) in [4.78, 5) is 32.7. The molecule has 0 amide bonds. The van der Waals surface area contributed by atoms with Gasteiger partial charge in [0, 0.05) is 29.9 Å². The number of nitrogens with one attached hydrogen (secondary N) is 2. The third-order valence-electron chi connectivity index (χ3n) is 8.42. The number of ether oxygens (including phenoxy) is 1. The lowest BCUT2D eigenvalue weighted by Gasteiger charge is -2.52. The number of fused-ring (bicyclic) bond motifs is 4. The van der Waals surface area contributed by atoms with Crippen molar-refractivity contribution in [1.29, 1.82) is 0 Å². The van der Waals surface area contributed by atoms with Crippen LogP contribution in [-0.4, -0.2) is 36.1 Å². The molecule has 4 heterocycles. The van der Waals surface area contributed by atoms with Crippen LogP contribution in [0.4, 0.5) is 17.1 Å². The highest BCUT2D eigenvalue weighted by Crippen LogP contribution is 2.44. The van der Waals surface area contributed by atoms with E-state index < -0.39 is 10.9 Å². The van der Waals surface area contributed by atoms with Crippen molar-refractivity contribution in [2.75, 3.05) is 30.8 Å². The number of aromatic nitrogens is 1. The van der Waals surface area contributed by atoms with E-state index in [1.807, 2.05) is 60.8 Å². The zero-order valence-electron chi connectivity index (χ0n) is 21.2. The van der Waals surface area contributed by atoms with Crippen molar-refractivity contribution in [2.24, 2.45) is 11.8 Å². The number of piperidine rings is 3. The van der Waals surface area contributed by atoms with Crippen molar-refractivity contribution in [1.82, 2.24) is 9.88 Å². The first kappa shape index (κ1) is 23.7. The molecule has 0 aliphatic carbocycles. The maximum Gasteiger partial charge on any atom is 0.253 e. The Hall–Kier alpha value is -3.71. The first-order valence-corrected chi connectivity index (χ1v) is 13.2. The van der Waals surface area contributed by atoms with E-state index in [0.29, 0.717) is 23.2 Å². The van der Waals surface area contributed by atoms with Gasteiger partial charge in [0.2, 0.25) is 0 Å². The number of benzene rings is 2. The second-order valence-electron chi connectivity index (χ2n) is 10.3. The molecular formula is C30H32N4O3. The zero-order valence-corrected chi connectivity index (χ0v) is 21.2. The van der Waals surface area contributed by atoms with Crippen molar-refractivity contribution < 1.29 is 4.74 Å². The van der Waals surface area contributed by atoms with Gasteiger partial charge in [0.05, 0.1) is 18.7 Å². The fourth-order valence-corrected chi connectivity index (χ4v) is 6.38. The lowest BCUT2D eigenvalue weighted by atomic mass is 9.72. The second kappa shape index (κ2) is 9.63. The molecule has 7 heteroatoms. The molecule has 4 aromatic rings.